The maximum Gasteiger partial charge on any atom is 0.307 e. The predicted octanol–water partition coefficient (Wildman–Crippen LogP) is 2.18. The van der Waals surface area contributed by atoms with Crippen molar-refractivity contribution in [3.05, 3.63) is 46.3 Å². The van der Waals surface area contributed by atoms with Gasteiger partial charge in [-0.2, -0.15) is 0 Å². The summed E-state index contributed by atoms with van der Waals surface area (Å²) in [6, 6.07) is 8.88. The van der Waals surface area contributed by atoms with E-state index in [1.165, 1.54) is 0 Å². The van der Waals surface area contributed by atoms with E-state index in [4.69, 9.17) is 16.0 Å². The highest BCUT2D eigenvalue weighted by Gasteiger charge is 2.09. The molecule has 0 aliphatic rings. The van der Waals surface area contributed by atoms with E-state index in [2.05, 4.69) is 10.0 Å². The van der Waals surface area contributed by atoms with Gasteiger partial charge >= 0.3 is 5.97 Å². The van der Waals surface area contributed by atoms with Gasteiger partial charge in [-0.3, -0.25) is 4.79 Å². The first-order valence-electron chi connectivity index (χ1n) is 5.18. The average molecular weight is 271 g/mol. The lowest BCUT2D eigenvalue weighted by molar-refractivity contribution is -0.145. The highest BCUT2D eigenvalue weighted by molar-refractivity contribution is 5.85. The smallest absolute Gasteiger partial charge is 0.307 e. The van der Waals surface area contributed by atoms with Gasteiger partial charge in [0.2, 0.25) is 0 Å². The van der Waals surface area contributed by atoms with Crippen LogP contribution in [-0.4, -0.2) is 18.6 Å². The molecule has 0 fully saturated rings. The second kappa shape index (κ2) is 9.30. The molecular weight excluding hydrogens is 256 g/mol. The summed E-state index contributed by atoms with van der Waals surface area (Å²) in [7, 11) is 0. The van der Waals surface area contributed by atoms with E-state index < -0.39 is 12.0 Å². The zero-order chi connectivity index (χ0) is 12.5. The molecule has 0 saturated heterocycles. The molecule has 1 aromatic carbocycles. The lowest BCUT2D eigenvalue weighted by atomic mass is 10.2. The number of benzene rings is 1. The summed E-state index contributed by atoms with van der Waals surface area (Å²) in [5, 5.41) is 3.29. The molecule has 0 spiro atoms. The molecule has 0 amide bonds. The summed E-state index contributed by atoms with van der Waals surface area (Å²) < 4.78 is 5.02. The van der Waals surface area contributed by atoms with Crippen molar-refractivity contribution in [3.8, 4) is 0 Å². The van der Waals surface area contributed by atoms with E-state index in [1.54, 1.807) is 0 Å². The quantitative estimate of drug-likeness (QED) is 0.371. The maximum absolute atomic E-state index is 11.4. The minimum atomic E-state index is -0.492. The van der Waals surface area contributed by atoms with Gasteiger partial charge in [0.1, 0.15) is 6.61 Å². The average Bonchev–Trinajstić information content (AvgIpc) is 2.35. The number of esters is 1. The Labute approximate surface area is 111 Å². The Morgan fingerprint density at radius 2 is 2.11 bits per heavy atom. The number of rotatable bonds is 6. The molecule has 0 aromatic heterocycles. The normalized spacial score (nSPS) is 10.7. The van der Waals surface area contributed by atoms with E-state index in [-0.39, 0.29) is 32.0 Å². The first kappa shape index (κ1) is 16.2. The molecule has 6 nitrogen and oxygen atoms in total. The number of azide groups is 1. The number of halogens is 1. The topological polar surface area (TPSA) is 101 Å². The fourth-order valence-corrected chi connectivity index (χ4v) is 1.22. The molecule has 0 radical (unpaired) electrons. The molecule has 1 aromatic rings. The van der Waals surface area contributed by atoms with Crippen LogP contribution >= 0.6 is 12.4 Å². The SMILES string of the molecule is Cl.[N-]=[N+]=NC[C@@H](N)CC(=O)OCc1ccccc1. The Morgan fingerprint density at radius 3 is 2.72 bits per heavy atom. The minimum Gasteiger partial charge on any atom is -0.461 e. The lowest BCUT2D eigenvalue weighted by Crippen LogP contribution is -2.27. The van der Waals surface area contributed by atoms with E-state index in [9.17, 15) is 4.79 Å². The number of carbonyl (C=O) groups is 1. The monoisotopic (exact) mass is 270 g/mol. The Morgan fingerprint density at radius 1 is 1.44 bits per heavy atom. The Bertz CT molecular complexity index is 407. The molecule has 0 unspecified atom stereocenters. The summed E-state index contributed by atoms with van der Waals surface area (Å²) in [5.41, 5.74) is 14.6. The summed E-state index contributed by atoms with van der Waals surface area (Å²) in [6.07, 6.45) is 0.0475. The van der Waals surface area contributed by atoms with E-state index in [0.717, 1.165) is 5.56 Å². The van der Waals surface area contributed by atoms with Crippen LogP contribution < -0.4 is 5.73 Å². The molecule has 0 bridgehead atoms. The van der Waals surface area contributed by atoms with Gasteiger partial charge in [-0.25, -0.2) is 0 Å². The first-order valence-corrected chi connectivity index (χ1v) is 5.18. The lowest BCUT2D eigenvalue weighted by Gasteiger charge is -2.08. The number of carbonyl (C=O) groups excluding carboxylic acids is 1. The Kier molecular flexibility index (Phi) is 8.39. The van der Waals surface area contributed by atoms with Gasteiger partial charge in [-0.05, 0) is 11.1 Å². The fourth-order valence-electron chi connectivity index (χ4n) is 1.22. The second-order valence-electron chi connectivity index (χ2n) is 3.52. The molecule has 1 rings (SSSR count). The molecule has 1 atom stereocenters. The second-order valence-corrected chi connectivity index (χ2v) is 3.52. The van der Waals surface area contributed by atoms with Gasteiger partial charge in [0.25, 0.3) is 0 Å². The van der Waals surface area contributed by atoms with E-state index in [1.807, 2.05) is 30.3 Å². The standard InChI is InChI=1S/C11H14N4O2.ClH/c12-10(7-14-15-13)6-11(16)17-8-9-4-2-1-3-5-9;/h1-5,10H,6-8,12H2;1H/t10-;/m0./s1. The van der Waals surface area contributed by atoms with Crippen molar-refractivity contribution in [2.24, 2.45) is 10.8 Å². The van der Waals surface area contributed by atoms with Gasteiger partial charge in [-0.1, -0.05) is 35.4 Å². The van der Waals surface area contributed by atoms with Crippen LogP contribution in [0.3, 0.4) is 0 Å². The van der Waals surface area contributed by atoms with Crippen LogP contribution in [-0.2, 0) is 16.1 Å². The van der Waals surface area contributed by atoms with E-state index >= 15 is 0 Å². The summed E-state index contributed by atoms with van der Waals surface area (Å²) in [5.74, 6) is -0.394. The van der Waals surface area contributed by atoms with E-state index in [0.29, 0.717) is 0 Å². The van der Waals surface area contributed by atoms with Crippen LogP contribution in [0.5, 0.6) is 0 Å². The molecule has 2 N–H and O–H groups in total. The maximum atomic E-state index is 11.4. The number of nitrogens with zero attached hydrogens (tertiary/aromatic N) is 3. The molecule has 98 valence electrons. The minimum absolute atomic E-state index is 0. The number of hydrogen-bond donors (Lipinski definition) is 1. The highest BCUT2D eigenvalue weighted by Crippen LogP contribution is 2.02. The highest BCUT2D eigenvalue weighted by atomic mass is 35.5. The van der Waals surface area contributed by atoms with Crippen molar-refractivity contribution in [1.29, 1.82) is 0 Å². The number of ether oxygens (including phenoxy) is 1. The fraction of sp³-hybridized carbons (Fsp3) is 0.364. The molecule has 0 heterocycles. The van der Waals surface area contributed by atoms with Crippen LogP contribution in [0.1, 0.15) is 12.0 Å². The van der Waals surface area contributed by atoms with Crippen molar-refractivity contribution < 1.29 is 9.53 Å². The Balaban J connectivity index is 0.00000289. The van der Waals surface area contributed by atoms with Crippen molar-refractivity contribution in [1.82, 2.24) is 0 Å². The van der Waals surface area contributed by atoms with Crippen molar-refractivity contribution >= 4 is 18.4 Å². The number of nitrogens with two attached hydrogens (primary N) is 1. The summed E-state index contributed by atoms with van der Waals surface area (Å²) >= 11 is 0. The molecule has 0 aliphatic heterocycles. The van der Waals surface area contributed by atoms with Crippen LogP contribution in [0.4, 0.5) is 0 Å². The molecular formula is C11H15ClN4O2. The van der Waals surface area contributed by atoms with Crippen molar-refractivity contribution in [2.75, 3.05) is 6.54 Å². The van der Waals surface area contributed by atoms with Crippen molar-refractivity contribution in [3.63, 3.8) is 0 Å². The van der Waals surface area contributed by atoms with Gasteiger partial charge in [0.15, 0.2) is 0 Å². The predicted molar refractivity (Wildman–Crippen MR) is 70.1 cm³/mol. The van der Waals surface area contributed by atoms with Crippen molar-refractivity contribution in [2.45, 2.75) is 19.1 Å². The van der Waals surface area contributed by atoms with Crippen LogP contribution in [0.15, 0.2) is 35.4 Å². The first-order chi connectivity index (χ1) is 8.22. The largest absolute Gasteiger partial charge is 0.461 e. The van der Waals surface area contributed by atoms with Gasteiger partial charge in [0, 0.05) is 17.5 Å². The summed E-state index contributed by atoms with van der Waals surface area (Å²) in [6.45, 7) is 0.324. The van der Waals surface area contributed by atoms with Crippen LogP contribution in [0.25, 0.3) is 10.4 Å². The Hall–Kier alpha value is -1.75. The third kappa shape index (κ3) is 6.75. The van der Waals surface area contributed by atoms with Gasteiger partial charge in [-0.15, -0.1) is 12.4 Å². The summed E-state index contributed by atoms with van der Waals surface area (Å²) in [4.78, 5) is 13.9. The molecule has 0 aliphatic carbocycles. The molecule has 0 saturated carbocycles. The number of hydrogen-bond acceptors (Lipinski definition) is 4. The zero-order valence-electron chi connectivity index (χ0n) is 9.73. The van der Waals surface area contributed by atoms with Gasteiger partial charge in [0.05, 0.1) is 6.42 Å². The zero-order valence-corrected chi connectivity index (χ0v) is 10.5. The molecule has 7 heteroatoms. The van der Waals surface area contributed by atoms with Crippen LogP contribution in [0, 0.1) is 0 Å². The molecule has 18 heavy (non-hydrogen) atoms. The van der Waals surface area contributed by atoms with Gasteiger partial charge < -0.3 is 10.5 Å². The van der Waals surface area contributed by atoms with Crippen LogP contribution in [0.2, 0.25) is 0 Å². The third-order valence-corrected chi connectivity index (χ3v) is 2.05. The third-order valence-electron chi connectivity index (χ3n) is 2.05.